The van der Waals surface area contributed by atoms with Gasteiger partial charge in [-0.1, -0.05) is 0 Å². The molecule has 0 spiro atoms. The third-order valence-electron chi connectivity index (χ3n) is 1.78. The molecule has 1 rings (SSSR count). The first-order valence-corrected chi connectivity index (χ1v) is 4.03. The Morgan fingerprint density at radius 2 is 2.36 bits per heavy atom. The first kappa shape index (κ1) is 10.3. The predicted molar refractivity (Wildman–Crippen MR) is 49.9 cm³/mol. The fraction of sp³-hybridized carbons (Fsp3) is 0.429. The van der Waals surface area contributed by atoms with Gasteiger partial charge in [-0.15, -0.1) is 0 Å². The van der Waals surface area contributed by atoms with Crippen molar-refractivity contribution in [1.82, 2.24) is 14.9 Å². The Bertz CT molecular complexity index is 392. The predicted octanol–water partition coefficient (Wildman–Crippen LogP) is -1.89. The number of aromatic nitrogens is 2. The van der Waals surface area contributed by atoms with Crippen molar-refractivity contribution in [3.8, 4) is 0 Å². The quantitative estimate of drug-likeness (QED) is 0.457. The zero-order valence-corrected chi connectivity index (χ0v) is 7.70. The van der Waals surface area contributed by atoms with Crippen molar-refractivity contribution < 1.29 is 9.90 Å². The Labute approximate surface area is 79.5 Å². The lowest BCUT2D eigenvalue weighted by Gasteiger charge is -2.04. The molecule has 0 fully saturated rings. The van der Waals surface area contributed by atoms with Gasteiger partial charge in [0.15, 0.2) is 5.69 Å². The van der Waals surface area contributed by atoms with Gasteiger partial charge in [0.05, 0.1) is 13.2 Å². The summed E-state index contributed by atoms with van der Waals surface area (Å²) in [7, 11) is 1.43. The Kier molecular flexibility index (Phi) is 2.92. The van der Waals surface area contributed by atoms with Crippen LogP contribution in [0.3, 0.4) is 0 Å². The van der Waals surface area contributed by atoms with E-state index in [2.05, 4.69) is 10.3 Å². The minimum atomic E-state index is -0.504. The zero-order chi connectivity index (χ0) is 10.7. The Balaban J connectivity index is 3.24. The second-order valence-electron chi connectivity index (χ2n) is 2.65. The van der Waals surface area contributed by atoms with E-state index in [1.54, 1.807) is 0 Å². The number of nitrogens with one attached hydrogen (secondary N) is 2. The van der Waals surface area contributed by atoms with E-state index in [4.69, 9.17) is 10.8 Å². The number of nitrogen functional groups attached to an aromatic ring is 1. The van der Waals surface area contributed by atoms with Crippen LogP contribution in [-0.2, 0) is 6.54 Å². The maximum absolute atomic E-state index is 11.3. The van der Waals surface area contributed by atoms with E-state index in [0.29, 0.717) is 0 Å². The van der Waals surface area contributed by atoms with Crippen molar-refractivity contribution in [2.75, 3.05) is 19.4 Å². The smallest absolute Gasteiger partial charge is 0.327 e. The Morgan fingerprint density at radius 1 is 1.71 bits per heavy atom. The second kappa shape index (κ2) is 3.97. The van der Waals surface area contributed by atoms with Gasteiger partial charge in [0.2, 0.25) is 0 Å². The van der Waals surface area contributed by atoms with Crippen molar-refractivity contribution in [3.63, 3.8) is 0 Å². The lowest BCUT2D eigenvalue weighted by Crippen LogP contribution is -2.27. The van der Waals surface area contributed by atoms with Crippen molar-refractivity contribution in [2.45, 2.75) is 6.54 Å². The molecule has 0 saturated heterocycles. The topological polar surface area (TPSA) is 113 Å². The number of aromatic amines is 1. The number of hydrogen-bond acceptors (Lipinski definition) is 4. The van der Waals surface area contributed by atoms with Gasteiger partial charge in [-0.05, 0) is 0 Å². The molecule has 0 aliphatic rings. The number of rotatable bonds is 3. The molecule has 1 aromatic rings. The molecule has 0 atom stereocenters. The number of imidazole rings is 1. The lowest BCUT2D eigenvalue weighted by atomic mass is 10.4. The number of aliphatic hydroxyl groups excluding tert-OH is 1. The average Bonchev–Trinajstić information content (AvgIpc) is 2.42. The van der Waals surface area contributed by atoms with Crippen LogP contribution in [0, 0.1) is 0 Å². The van der Waals surface area contributed by atoms with Gasteiger partial charge in [0, 0.05) is 7.05 Å². The van der Waals surface area contributed by atoms with E-state index in [9.17, 15) is 9.59 Å². The fourth-order valence-electron chi connectivity index (χ4n) is 1.17. The first-order valence-electron chi connectivity index (χ1n) is 4.03. The molecule has 1 amide bonds. The highest BCUT2D eigenvalue weighted by molar-refractivity contribution is 5.96. The summed E-state index contributed by atoms with van der Waals surface area (Å²) in [6.07, 6.45) is 0. The van der Waals surface area contributed by atoms with Crippen LogP contribution in [0.4, 0.5) is 5.82 Å². The van der Waals surface area contributed by atoms with Crippen LogP contribution < -0.4 is 16.7 Å². The molecule has 78 valence electrons. The largest absolute Gasteiger partial charge is 0.395 e. The molecule has 1 aromatic heterocycles. The lowest BCUT2D eigenvalue weighted by molar-refractivity contribution is 0.0953. The van der Waals surface area contributed by atoms with Crippen LogP contribution in [0.5, 0.6) is 0 Å². The van der Waals surface area contributed by atoms with Gasteiger partial charge >= 0.3 is 5.69 Å². The van der Waals surface area contributed by atoms with Gasteiger partial charge in [-0.3, -0.25) is 14.3 Å². The highest BCUT2D eigenvalue weighted by Gasteiger charge is 2.17. The highest BCUT2D eigenvalue weighted by Crippen LogP contribution is 2.05. The second-order valence-corrected chi connectivity index (χ2v) is 2.65. The molecule has 0 aliphatic heterocycles. The number of hydrogen-bond donors (Lipinski definition) is 4. The normalized spacial score (nSPS) is 10.1. The van der Waals surface area contributed by atoms with Crippen LogP contribution in [0.1, 0.15) is 10.5 Å². The maximum atomic E-state index is 11.3. The van der Waals surface area contributed by atoms with Crippen LogP contribution in [0.15, 0.2) is 4.79 Å². The van der Waals surface area contributed by atoms with Gasteiger partial charge in [-0.2, -0.15) is 0 Å². The summed E-state index contributed by atoms with van der Waals surface area (Å²) in [5, 5.41) is 11.0. The molecule has 5 N–H and O–H groups in total. The Morgan fingerprint density at radius 3 is 2.86 bits per heavy atom. The Hall–Kier alpha value is -1.76. The van der Waals surface area contributed by atoms with Gasteiger partial charge in [0.25, 0.3) is 5.91 Å². The van der Waals surface area contributed by atoms with E-state index in [1.165, 1.54) is 7.05 Å². The molecule has 0 radical (unpaired) electrons. The number of nitrogens with zero attached hydrogens (tertiary/aromatic N) is 1. The standard InChI is InChI=1S/C7H12N4O3/c1-9-6(13)4-5(8)10-7(14)11(4)2-3-12/h12H,2-3,8H2,1H3,(H,9,13)(H,10,14). The summed E-state index contributed by atoms with van der Waals surface area (Å²) in [5.41, 5.74) is 4.97. The highest BCUT2D eigenvalue weighted by atomic mass is 16.3. The summed E-state index contributed by atoms with van der Waals surface area (Å²) in [4.78, 5) is 24.8. The maximum Gasteiger partial charge on any atom is 0.327 e. The van der Waals surface area contributed by atoms with Crippen molar-refractivity contribution in [3.05, 3.63) is 16.2 Å². The zero-order valence-electron chi connectivity index (χ0n) is 7.70. The molecule has 0 aromatic carbocycles. The van der Waals surface area contributed by atoms with E-state index in [1.807, 2.05) is 0 Å². The number of anilines is 1. The van der Waals surface area contributed by atoms with Crippen molar-refractivity contribution in [1.29, 1.82) is 0 Å². The molecule has 0 aliphatic carbocycles. The van der Waals surface area contributed by atoms with Gasteiger partial charge in [-0.25, -0.2) is 4.79 Å². The molecule has 0 bridgehead atoms. The molecule has 0 unspecified atom stereocenters. The number of carbonyl (C=O) groups is 1. The summed E-state index contributed by atoms with van der Waals surface area (Å²) in [5.74, 6) is -0.461. The summed E-state index contributed by atoms with van der Waals surface area (Å²) >= 11 is 0. The van der Waals surface area contributed by atoms with Gasteiger partial charge in [0.1, 0.15) is 5.82 Å². The van der Waals surface area contributed by atoms with Crippen LogP contribution >= 0.6 is 0 Å². The minimum Gasteiger partial charge on any atom is -0.395 e. The number of aliphatic hydroxyl groups is 1. The SMILES string of the molecule is CNC(=O)c1c(N)[nH]c(=O)n1CCO. The molecule has 7 nitrogen and oxygen atoms in total. The molecule has 0 saturated carbocycles. The number of nitrogens with two attached hydrogens (primary N) is 1. The summed E-state index contributed by atoms with van der Waals surface area (Å²) < 4.78 is 1.09. The van der Waals surface area contributed by atoms with Crippen LogP contribution in [0.25, 0.3) is 0 Å². The monoisotopic (exact) mass is 200 g/mol. The van der Waals surface area contributed by atoms with Gasteiger partial charge < -0.3 is 16.2 Å². The van der Waals surface area contributed by atoms with Crippen LogP contribution in [-0.4, -0.2) is 34.2 Å². The molecular formula is C7H12N4O3. The minimum absolute atomic E-state index is 0.00259. The number of H-pyrrole nitrogens is 1. The molecule has 1 heterocycles. The fourth-order valence-corrected chi connectivity index (χ4v) is 1.17. The van der Waals surface area contributed by atoms with Crippen molar-refractivity contribution >= 4 is 11.7 Å². The van der Waals surface area contributed by atoms with E-state index in [-0.39, 0.29) is 24.7 Å². The molecule has 7 heteroatoms. The van der Waals surface area contributed by atoms with Crippen molar-refractivity contribution in [2.24, 2.45) is 0 Å². The third kappa shape index (κ3) is 1.62. The van der Waals surface area contributed by atoms with E-state index < -0.39 is 11.6 Å². The third-order valence-corrected chi connectivity index (χ3v) is 1.78. The number of amides is 1. The number of carbonyl (C=O) groups excluding carboxylic acids is 1. The van der Waals surface area contributed by atoms with E-state index >= 15 is 0 Å². The first-order chi connectivity index (χ1) is 6.61. The molecular weight excluding hydrogens is 188 g/mol. The molecule has 14 heavy (non-hydrogen) atoms. The summed E-state index contributed by atoms with van der Waals surface area (Å²) in [6.45, 7) is -0.198. The average molecular weight is 200 g/mol. The van der Waals surface area contributed by atoms with E-state index in [0.717, 1.165) is 4.57 Å². The summed E-state index contributed by atoms with van der Waals surface area (Å²) in [6, 6.07) is 0. The van der Waals surface area contributed by atoms with Crippen LogP contribution in [0.2, 0.25) is 0 Å².